The van der Waals surface area contributed by atoms with E-state index >= 15 is 0 Å². The lowest BCUT2D eigenvalue weighted by Gasteiger charge is -2.29. The first-order valence-corrected chi connectivity index (χ1v) is 9.58. The fourth-order valence-corrected chi connectivity index (χ4v) is 3.27. The molecule has 152 valence electrons. The minimum Gasteiger partial charge on any atom is -0.351 e. The van der Waals surface area contributed by atoms with Crippen LogP contribution in [0.5, 0.6) is 0 Å². The summed E-state index contributed by atoms with van der Waals surface area (Å²) in [6.07, 6.45) is 0.280. The summed E-state index contributed by atoms with van der Waals surface area (Å²) in [5.74, 6) is -1.17. The number of nitrogens with one attached hydrogen (secondary N) is 1. The number of halogens is 1. The molecule has 1 aromatic carbocycles. The average Bonchev–Trinajstić information content (AvgIpc) is 3.17. The van der Waals surface area contributed by atoms with Crippen molar-refractivity contribution in [2.45, 2.75) is 13.1 Å². The van der Waals surface area contributed by atoms with Gasteiger partial charge in [-0.1, -0.05) is 29.3 Å². The Morgan fingerprint density at radius 1 is 1.07 bits per heavy atom. The quantitative estimate of drug-likeness (QED) is 0.709. The molecule has 1 fully saturated rings. The molecule has 9 heteroatoms. The molecule has 0 spiro atoms. The number of amides is 3. The summed E-state index contributed by atoms with van der Waals surface area (Å²) in [6, 6.07) is 10.1. The highest BCUT2D eigenvalue weighted by Crippen LogP contribution is 2.21. The first-order valence-electron chi connectivity index (χ1n) is 9.20. The molecule has 3 amide bonds. The van der Waals surface area contributed by atoms with Gasteiger partial charge in [0.1, 0.15) is 5.15 Å². The van der Waals surface area contributed by atoms with Crippen molar-refractivity contribution in [2.24, 2.45) is 5.73 Å². The zero-order valence-corrected chi connectivity index (χ0v) is 16.7. The maximum absolute atomic E-state index is 13.0. The molecule has 0 bridgehead atoms. The van der Waals surface area contributed by atoms with Gasteiger partial charge in [0.15, 0.2) is 6.17 Å². The Kier molecular flexibility index (Phi) is 6.46. The van der Waals surface area contributed by atoms with Crippen molar-refractivity contribution in [2.75, 3.05) is 26.2 Å². The molecule has 29 heavy (non-hydrogen) atoms. The zero-order valence-electron chi connectivity index (χ0n) is 16.0. The van der Waals surface area contributed by atoms with Gasteiger partial charge in [0.2, 0.25) is 0 Å². The third-order valence-electron chi connectivity index (χ3n) is 4.64. The van der Waals surface area contributed by atoms with Crippen LogP contribution in [-0.4, -0.2) is 64.9 Å². The number of rotatable bonds is 5. The van der Waals surface area contributed by atoms with Crippen molar-refractivity contribution in [1.29, 1.82) is 0 Å². The van der Waals surface area contributed by atoms with Crippen LogP contribution in [0, 0.1) is 6.92 Å². The van der Waals surface area contributed by atoms with Crippen LogP contribution in [-0.2, 0) is 4.79 Å². The number of aromatic nitrogens is 1. The highest BCUT2D eigenvalue weighted by molar-refractivity contribution is 6.29. The normalized spacial score (nSPS) is 16.0. The van der Waals surface area contributed by atoms with E-state index in [9.17, 15) is 14.4 Å². The van der Waals surface area contributed by atoms with E-state index in [-0.39, 0.29) is 42.8 Å². The topological polar surface area (TPSA) is 109 Å². The second-order valence-electron chi connectivity index (χ2n) is 6.69. The van der Waals surface area contributed by atoms with E-state index in [0.29, 0.717) is 5.56 Å². The number of benzene rings is 1. The summed E-state index contributed by atoms with van der Waals surface area (Å²) in [5, 5.41) is 2.94. The Bertz CT molecular complexity index is 836. The first kappa shape index (κ1) is 20.8. The zero-order chi connectivity index (χ0) is 21.0. The lowest BCUT2D eigenvalue weighted by atomic mass is 10.1. The van der Waals surface area contributed by atoms with Crippen LogP contribution in [0.3, 0.4) is 0 Å². The fraction of sp³-hybridized carbons (Fsp3) is 0.300. The third kappa shape index (κ3) is 4.55. The van der Waals surface area contributed by atoms with E-state index in [1.807, 2.05) is 19.1 Å². The van der Waals surface area contributed by atoms with Gasteiger partial charge in [-0.05, 0) is 31.2 Å². The number of hydrogen-bond acceptors (Lipinski definition) is 5. The average molecular weight is 416 g/mol. The van der Waals surface area contributed by atoms with Crippen LogP contribution in [0.25, 0.3) is 0 Å². The van der Waals surface area contributed by atoms with Crippen molar-refractivity contribution in [1.82, 2.24) is 20.1 Å². The summed E-state index contributed by atoms with van der Waals surface area (Å²) >= 11 is 5.79. The van der Waals surface area contributed by atoms with E-state index in [0.717, 1.165) is 5.56 Å². The number of nitrogens with two attached hydrogens (primary N) is 1. The smallest absolute Gasteiger partial charge is 0.263 e. The molecule has 2 heterocycles. The van der Waals surface area contributed by atoms with Crippen LogP contribution >= 0.6 is 11.6 Å². The minimum absolute atomic E-state index is 0.222. The van der Waals surface area contributed by atoms with E-state index in [1.54, 1.807) is 12.1 Å². The summed E-state index contributed by atoms with van der Waals surface area (Å²) in [4.78, 5) is 45.5. The van der Waals surface area contributed by atoms with Gasteiger partial charge in [-0.25, -0.2) is 4.98 Å². The van der Waals surface area contributed by atoms with Crippen LogP contribution in [0.15, 0.2) is 42.6 Å². The second kappa shape index (κ2) is 9.02. The molecule has 1 aliphatic rings. The van der Waals surface area contributed by atoms with Gasteiger partial charge in [0, 0.05) is 37.9 Å². The molecule has 3 N–H and O–H groups in total. The Balaban J connectivity index is 1.89. The lowest BCUT2D eigenvalue weighted by Crippen LogP contribution is -2.54. The Labute approximate surface area is 173 Å². The number of carbonyl (C=O) groups is 3. The standard InChI is InChI=1S/C20H22ClN5O3/c1-13-2-4-14(5-3-13)19(28)25-10-11-26(18(25)17(27)23-9-8-22)20(29)15-6-7-16(21)24-12-15/h2-7,12,18H,8-11,22H2,1H3,(H,23,27). The SMILES string of the molecule is Cc1ccc(C(=O)N2CCN(C(=O)c3ccc(Cl)nc3)C2C(=O)NCCN)cc1. The second-order valence-corrected chi connectivity index (χ2v) is 7.07. The predicted molar refractivity (Wildman–Crippen MR) is 108 cm³/mol. The Hall–Kier alpha value is -2.97. The summed E-state index contributed by atoms with van der Waals surface area (Å²) in [5.41, 5.74) is 7.24. The highest BCUT2D eigenvalue weighted by atomic mass is 35.5. The minimum atomic E-state index is -1.07. The van der Waals surface area contributed by atoms with Crippen molar-refractivity contribution >= 4 is 29.3 Å². The lowest BCUT2D eigenvalue weighted by molar-refractivity contribution is -0.128. The Morgan fingerprint density at radius 2 is 1.66 bits per heavy atom. The van der Waals surface area contributed by atoms with Crippen LogP contribution in [0.2, 0.25) is 5.15 Å². The maximum atomic E-state index is 13.0. The fourth-order valence-electron chi connectivity index (χ4n) is 3.15. The molecule has 3 rings (SSSR count). The first-order chi connectivity index (χ1) is 13.9. The molecule has 2 aromatic rings. The van der Waals surface area contributed by atoms with Gasteiger partial charge in [0.25, 0.3) is 17.7 Å². The largest absolute Gasteiger partial charge is 0.351 e. The van der Waals surface area contributed by atoms with Gasteiger partial charge in [0.05, 0.1) is 5.56 Å². The predicted octanol–water partition coefficient (Wildman–Crippen LogP) is 1.04. The molecular weight excluding hydrogens is 394 g/mol. The molecule has 0 aliphatic carbocycles. The molecule has 1 atom stereocenters. The van der Waals surface area contributed by atoms with E-state index in [2.05, 4.69) is 10.3 Å². The Morgan fingerprint density at radius 3 is 2.21 bits per heavy atom. The summed E-state index contributed by atoms with van der Waals surface area (Å²) < 4.78 is 0. The molecule has 1 unspecified atom stereocenters. The van der Waals surface area contributed by atoms with Gasteiger partial charge in [-0.15, -0.1) is 0 Å². The van der Waals surface area contributed by atoms with Gasteiger partial charge in [-0.2, -0.15) is 0 Å². The van der Waals surface area contributed by atoms with Gasteiger partial charge < -0.3 is 20.9 Å². The van der Waals surface area contributed by atoms with E-state index < -0.39 is 18.0 Å². The van der Waals surface area contributed by atoms with Gasteiger partial charge >= 0.3 is 0 Å². The number of aryl methyl sites for hydroxylation is 1. The van der Waals surface area contributed by atoms with Crippen molar-refractivity contribution in [3.8, 4) is 0 Å². The highest BCUT2D eigenvalue weighted by Gasteiger charge is 2.43. The molecule has 1 aromatic heterocycles. The van der Waals surface area contributed by atoms with Gasteiger partial charge in [-0.3, -0.25) is 14.4 Å². The third-order valence-corrected chi connectivity index (χ3v) is 4.87. The van der Waals surface area contributed by atoms with Crippen LogP contribution in [0.1, 0.15) is 26.3 Å². The van der Waals surface area contributed by atoms with E-state index in [4.69, 9.17) is 17.3 Å². The summed E-state index contributed by atoms with van der Waals surface area (Å²) in [6.45, 7) is 2.87. The van der Waals surface area contributed by atoms with Crippen LogP contribution < -0.4 is 11.1 Å². The molecule has 0 saturated carbocycles. The molecule has 1 aliphatic heterocycles. The number of pyridine rings is 1. The molecular formula is C20H22ClN5O3. The van der Waals surface area contributed by atoms with Crippen LogP contribution in [0.4, 0.5) is 0 Å². The van der Waals surface area contributed by atoms with Crippen molar-refractivity contribution in [3.63, 3.8) is 0 Å². The van der Waals surface area contributed by atoms with E-state index in [1.165, 1.54) is 28.1 Å². The monoisotopic (exact) mass is 415 g/mol. The number of hydrogen-bond donors (Lipinski definition) is 2. The van der Waals surface area contributed by atoms with Crippen molar-refractivity contribution < 1.29 is 14.4 Å². The molecule has 1 saturated heterocycles. The number of nitrogens with zero attached hydrogens (tertiary/aromatic N) is 3. The number of carbonyl (C=O) groups excluding carboxylic acids is 3. The van der Waals surface area contributed by atoms with Crippen molar-refractivity contribution in [3.05, 3.63) is 64.4 Å². The molecule has 8 nitrogen and oxygen atoms in total. The maximum Gasteiger partial charge on any atom is 0.263 e. The summed E-state index contributed by atoms with van der Waals surface area (Å²) in [7, 11) is 0. The molecule has 0 radical (unpaired) electrons.